The minimum absolute atomic E-state index is 0.112. The Morgan fingerprint density at radius 3 is 2.10 bits per heavy atom. The van der Waals surface area contributed by atoms with Crippen LogP contribution in [-0.4, -0.2) is 27.9 Å². The van der Waals surface area contributed by atoms with E-state index < -0.39 is 23.1 Å². The largest absolute Gasteiger partial charge is 0.480 e. The molecule has 2 aromatic carbocycles. The summed E-state index contributed by atoms with van der Waals surface area (Å²) in [5, 5.41) is 20.1. The third kappa shape index (κ3) is 1.67. The van der Waals surface area contributed by atoms with Crippen LogP contribution in [0.1, 0.15) is 15.9 Å². The fourth-order valence-corrected chi connectivity index (χ4v) is 2.52. The lowest BCUT2D eigenvalue weighted by Gasteiger charge is -2.24. The van der Waals surface area contributed by atoms with Gasteiger partial charge in [0, 0.05) is 5.56 Å². The highest BCUT2D eigenvalue weighted by Crippen LogP contribution is 2.35. The molecule has 3 rings (SSSR count). The minimum Gasteiger partial charge on any atom is -0.480 e. The van der Waals surface area contributed by atoms with E-state index in [2.05, 4.69) is 0 Å². The summed E-state index contributed by atoms with van der Waals surface area (Å²) >= 11 is 0. The molecule has 0 bridgehead atoms. The summed E-state index contributed by atoms with van der Waals surface area (Å²) in [6, 6.07) is 10.6. The monoisotopic (exact) mass is 282 g/mol. The first-order valence-electron chi connectivity index (χ1n) is 6.20. The molecule has 2 N–H and O–H groups in total. The average Bonchev–Trinajstić information content (AvgIpc) is 2.45. The molecule has 0 atom stereocenters. The predicted molar refractivity (Wildman–Crippen MR) is 75.0 cm³/mol. The summed E-state index contributed by atoms with van der Waals surface area (Å²) in [6.07, 6.45) is 2.32. The van der Waals surface area contributed by atoms with Crippen LogP contribution in [0.25, 0.3) is 16.8 Å². The van der Waals surface area contributed by atoms with Crippen LogP contribution in [0, 0.1) is 5.41 Å². The highest BCUT2D eigenvalue weighted by Gasteiger charge is 2.53. The first kappa shape index (κ1) is 13.1. The van der Waals surface area contributed by atoms with E-state index >= 15 is 0 Å². The minimum atomic E-state index is -2.55. The van der Waals surface area contributed by atoms with Gasteiger partial charge in [-0.15, -0.1) is 0 Å². The first-order valence-corrected chi connectivity index (χ1v) is 6.20. The van der Waals surface area contributed by atoms with Crippen molar-refractivity contribution in [3.05, 3.63) is 53.6 Å². The van der Waals surface area contributed by atoms with Crippen molar-refractivity contribution in [3.8, 4) is 0 Å². The Kier molecular flexibility index (Phi) is 2.66. The number of Topliss-reactive ketones (excluding diaryl/α,β-unsaturated/α-hetero) is 1. The normalized spacial score (nSPS) is 15.7. The number of carboxylic acid groups (broad SMARTS) is 2. The van der Waals surface area contributed by atoms with Gasteiger partial charge >= 0.3 is 11.9 Å². The van der Waals surface area contributed by atoms with Gasteiger partial charge in [-0.05, 0) is 34.5 Å². The number of hydrogen-bond donors (Lipinski definition) is 2. The van der Waals surface area contributed by atoms with Gasteiger partial charge in [0.15, 0.2) is 5.78 Å². The van der Waals surface area contributed by atoms with E-state index in [1.54, 1.807) is 18.2 Å². The summed E-state index contributed by atoms with van der Waals surface area (Å²) in [5.74, 6) is -4.30. The Hall–Kier alpha value is -2.95. The Morgan fingerprint density at radius 2 is 1.52 bits per heavy atom. The van der Waals surface area contributed by atoms with Gasteiger partial charge < -0.3 is 10.2 Å². The molecular formula is C16H10O5. The molecule has 0 radical (unpaired) electrons. The van der Waals surface area contributed by atoms with Gasteiger partial charge in [-0.1, -0.05) is 30.3 Å². The molecule has 0 aliphatic heterocycles. The van der Waals surface area contributed by atoms with Gasteiger partial charge in [0.05, 0.1) is 0 Å². The summed E-state index contributed by atoms with van der Waals surface area (Å²) in [5.41, 5.74) is -1.91. The number of aliphatic carboxylic acids is 2. The van der Waals surface area contributed by atoms with Gasteiger partial charge in [0.1, 0.15) is 0 Å². The third-order valence-corrected chi connectivity index (χ3v) is 3.71. The van der Waals surface area contributed by atoms with Crippen LogP contribution in [0.15, 0.2) is 42.5 Å². The van der Waals surface area contributed by atoms with Crippen molar-refractivity contribution in [2.45, 2.75) is 0 Å². The van der Waals surface area contributed by atoms with Crippen molar-refractivity contribution in [2.75, 3.05) is 0 Å². The van der Waals surface area contributed by atoms with E-state index in [-0.39, 0.29) is 5.56 Å². The van der Waals surface area contributed by atoms with Crippen LogP contribution in [0.4, 0.5) is 0 Å². The number of hydrogen-bond acceptors (Lipinski definition) is 3. The maximum Gasteiger partial charge on any atom is 0.333 e. The summed E-state index contributed by atoms with van der Waals surface area (Å²) in [6.45, 7) is 0. The first-order chi connectivity index (χ1) is 9.96. The molecular weight excluding hydrogens is 272 g/mol. The van der Waals surface area contributed by atoms with Crippen molar-refractivity contribution in [1.29, 1.82) is 0 Å². The fourth-order valence-electron chi connectivity index (χ4n) is 2.52. The van der Waals surface area contributed by atoms with Crippen molar-refractivity contribution >= 4 is 34.6 Å². The fraction of sp³-hybridized carbons (Fsp3) is 0.0625. The Morgan fingerprint density at radius 1 is 0.952 bits per heavy atom. The molecule has 1 aliphatic rings. The van der Waals surface area contributed by atoms with Crippen molar-refractivity contribution in [1.82, 2.24) is 0 Å². The Labute approximate surface area is 119 Å². The van der Waals surface area contributed by atoms with Crippen LogP contribution in [0.3, 0.4) is 0 Å². The zero-order chi connectivity index (χ0) is 15.2. The van der Waals surface area contributed by atoms with Crippen LogP contribution in [-0.2, 0) is 9.59 Å². The van der Waals surface area contributed by atoms with Gasteiger partial charge in [-0.3, -0.25) is 14.4 Å². The molecule has 2 aromatic rings. The molecule has 1 aliphatic carbocycles. The van der Waals surface area contributed by atoms with Gasteiger partial charge in [0.25, 0.3) is 0 Å². The molecule has 5 heteroatoms. The zero-order valence-corrected chi connectivity index (χ0v) is 10.7. The van der Waals surface area contributed by atoms with Crippen LogP contribution in [0.5, 0.6) is 0 Å². The molecule has 0 aromatic heterocycles. The summed E-state index contributed by atoms with van der Waals surface area (Å²) in [4.78, 5) is 35.1. The molecule has 0 heterocycles. The van der Waals surface area contributed by atoms with Crippen LogP contribution >= 0.6 is 0 Å². The lowest BCUT2D eigenvalue weighted by molar-refractivity contribution is -0.156. The van der Waals surface area contributed by atoms with Gasteiger partial charge in [-0.2, -0.15) is 0 Å². The maximum atomic E-state index is 12.5. The molecule has 21 heavy (non-hydrogen) atoms. The Bertz CT molecular complexity index is 818. The zero-order valence-electron chi connectivity index (χ0n) is 10.7. The predicted octanol–water partition coefficient (Wildman–Crippen LogP) is 2.20. The third-order valence-electron chi connectivity index (χ3n) is 3.71. The number of carbonyl (C=O) groups is 3. The van der Waals surface area contributed by atoms with E-state index in [0.717, 1.165) is 16.8 Å². The van der Waals surface area contributed by atoms with Crippen molar-refractivity contribution in [2.24, 2.45) is 5.41 Å². The second-order valence-electron chi connectivity index (χ2n) is 4.87. The highest BCUT2D eigenvalue weighted by atomic mass is 16.4. The number of carbonyl (C=O) groups excluding carboxylic acids is 1. The number of carboxylic acids is 2. The second kappa shape index (κ2) is 4.28. The SMILES string of the molecule is O=C(O)C1(C(=O)O)C=Cc2cc3ccccc3cc2C1=O. The molecule has 104 valence electrons. The molecule has 0 saturated carbocycles. The number of fused-ring (bicyclic) bond motifs is 2. The Balaban J connectivity index is 2.29. The van der Waals surface area contributed by atoms with Crippen LogP contribution in [0.2, 0.25) is 0 Å². The van der Waals surface area contributed by atoms with E-state index in [9.17, 15) is 24.6 Å². The van der Waals surface area contributed by atoms with Crippen LogP contribution < -0.4 is 0 Å². The summed E-state index contributed by atoms with van der Waals surface area (Å²) in [7, 11) is 0. The lowest BCUT2D eigenvalue weighted by Crippen LogP contribution is -2.46. The number of benzene rings is 2. The number of ketones is 1. The van der Waals surface area contributed by atoms with Crippen molar-refractivity contribution < 1.29 is 24.6 Å². The average molecular weight is 282 g/mol. The highest BCUT2D eigenvalue weighted by molar-refractivity contribution is 6.29. The molecule has 0 amide bonds. The lowest BCUT2D eigenvalue weighted by atomic mass is 9.74. The second-order valence-corrected chi connectivity index (χ2v) is 4.87. The quantitative estimate of drug-likeness (QED) is 0.824. The summed E-state index contributed by atoms with van der Waals surface area (Å²) < 4.78 is 0. The molecule has 0 spiro atoms. The number of rotatable bonds is 2. The van der Waals surface area contributed by atoms with Crippen molar-refractivity contribution in [3.63, 3.8) is 0 Å². The van der Waals surface area contributed by atoms with E-state index in [4.69, 9.17) is 0 Å². The molecule has 0 saturated heterocycles. The van der Waals surface area contributed by atoms with E-state index in [1.165, 1.54) is 12.1 Å². The van der Waals surface area contributed by atoms with E-state index in [0.29, 0.717) is 5.56 Å². The topological polar surface area (TPSA) is 91.7 Å². The molecule has 0 fully saturated rings. The standard InChI is InChI=1S/C16H10O5/c17-13-12-8-10-4-2-1-3-9(10)7-11(12)5-6-16(13,14(18)19)15(20)21/h1-8H,(H,18,19)(H,20,21). The molecule has 0 unspecified atom stereocenters. The maximum absolute atomic E-state index is 12.5. The van der Waals surface area contributed by atoms with E-state index in [1.807, 2.05) is 12.1 Å². The van der Waals surface area contributed by atoms with Gasteiger partial charge in [0.2, 0.25) is 5.41 Å². The molecule has 5 nitrogen and oxygen atoms in total. The smallest absolute Gasteiger partial charge is 0.333 e. The van der Waals surface area contributed by atoms with Gasteiger partial charge in [-0.25, -0.2) is 0 Å².